The van der Waals surface area contributed by atoms with Crippen LogP contribution in [0.2, 0.25) is 0 Å². The van der Waals surface area contributed by atoms with Gasteiger partial charge >= 0.3 is 10.3 Å². The molecule has 3 N–H and O–H groups in total. The molecule has 0 radical (unpaired) electrons. The molecule has 0 saturated carbocycles. The van der Waals surface area contributed by atoms with E-state index in [0.717, 1.165) is 4.72 Å². The van der Waals surface area contributed by atoms with Gasteiger partial charge in [-0.2, -0.15) is 21.6 Å². The predicted molar refractivity (Wildman–Crippen MR) is 31.1 cm³/mol. The molecule has 0 amide bonds. The van der Waals surface area contributed by atoms with Crippen molar-refractivity contribution in [2.45, 2.75) is 0 Å². The lowest BCUT2D eigenvalue weighted by molar-refractivity contribution is 0.458. The molecule has 0 bridgehead atoms. The van der Waals surface area contributed by atoms with Gasteiger partial charge in [0.25, 0.3) is 10.1 Å². The predicted octanol–water partition coefficient (Wildman–Crippen LogP) is -1.78. The largest absolute Gasteiger partial charge is 0.334 e. The van der Waals surface area contributed by atoms with Gasteiger partial charge in [0.05, 0.1) is 0 Å². The second-order valence-corrected chi connectivity index (χ2v) is 4.04. The van der Waals surface area contributed by atoms with Crippen LogP contribution < -0.4 is 4.72 Å². The van der Waals surface area contributed by atoms with Gasteiger partial charge in [0, 0.05) is 0 Å². The monoisotopic (exact) mass is 191 g/mol. The van der Waals surface area contributed by atoms with Gasteiger partial charge in [-0.05, 0) is 0 Å². The Bertz CT molecular complexity index is 252. The molecule has 0 saturated heterocycles. The number of hydrogen-bond acceptors (Lipinski definition) is 4. The summed E-state index contributed by atoms with van der Waals surface area (Å²) < 4.78 is 56.0. The molecule has 0 aromatic rings. The Morgan fingerprint density at radius 2 is 1.50 bits per heavy atom. The fraction of sp³-hybridized carbons (Fsp3) is 1.00. The van der Waals surface area contributed by atoms with Gasteiger partial charge in [0.15, 0.2) is 0 Å². The van der Waals surface area contributed by atoms with E-state index in [1.807, 2.05) is 0 Å². The molecule has 7 nitrogen and oxygen atoms in total. The van der Waals surface area contributed by atoms with Gasteiger partial charge in [0.2, 0.25) is 0 Å². The number of hydrogen-bond donors (Lipinski definition) is 3. The van der Waals surface area contributed by atoms with Crippen LogP contribution in [0.25, 0.3) is 0 Å². The van der Waals surface area contributed by atoms with Gasteiger partial charge < -0.3 is 0 Å². The van der Waals surface area contributed by atoms with Crippen LogP contribution in [0.1, 0.15) is 0 Å². The van der Waals surface area contributed by atoms with Gasteiger partial charge in [-0.3, -0.25) is 9.11 Å². The first-order valence-corrected chi connectivity index (χ1v) is 4.93. The van der Waals surface area contributed by atoms with Crippen LogP contribution in [-0.4, -0.2) is 31.8 Å². The Morgan fingerprint density at radius 1 is 1.10 bits per heavy atom. The SMILES string of the molecule is O=S(=O)(O)CNS(=O)(=O)O. The quantitative estimate of drug-likeness (QED) is 0.454. The third-order valence-electron chi connectivity index (χ3n) is 0.424. The third kappa shape index (κ3) is 7.78. The van der Waals surface area contributed by atoms with Gasteiger partial charge in [-0.1, -0.05) is 0 Å². The van der Waals surface area contributed by atoms with E-state index in [1.54, 1.807) is 0 Å². The van der Waals surface area contributed by atoms with Gasteiger partial charge in [0.1, 0.15) is 5.88 Å². The van der Waals surface area contributed by atoms with E-state index in [9.17, 15) is 16.8 Å². The Kier molecular flexibility index (Phi) is 2.74. The van der Waals surface area contributed by atoms with Crippen LogP contribution in [0.3, 0.4) is 0 Å². The molecule has 0 spiro atoms. The van der Waals surface area contributed by atoms with E-state index in [4.69, 9.17) is 9.11 Å². The Hall–Kier alpha value is -0.220. The minimum Gasteiger partial charge on any atom is -0.285 e. The smallest absolute Gasteiger partial charge is 0.285 e. The van der Waals surface area contributed by atoms with Crippen molar-refractivity contribution in [2.75, 3.05) is 5.88 Å². The average Bonchev–Trinajstić information content (AvgIpc) is 1.57. The lowest BCUT2D eigenvalue weighted by Gasteiger charge is -1.95. The highest BCUT2D eigenvalue weighted by Crippen LogP contribution is 1.79. The Morgan fingerprint density at radius 3 is 1.60 bits per heavy atom. The summed E-state index contributed by atoms with van der Waals surface area (Å²) in [5.41, 5.74) is 0. The molecule has 0 aromatic carbocycles. The molecule has 0 heterocycles. The zero-order valence-electron chi connectivity index (χ0n) is 4.55. The molecule has 0 rings (SSSR count). The maximum atomic E-state index is 9.80. The minimum absolute atomic E-state index is 1.15. The van der Waals surface area contributed by atoms with E-state index in [-0.39, 0.29) is 0 Å². The van der Waals surface area contributed by atoms with Crippen molar-refractivity contribution in [2.24, 2.45) is 0 Å². The van der Waals surface area contributed by atoms with E-state index in [0.29, 0.717) is 0 Å². The fourth-order valence-electron chi connectivity index (χ4n) is 0.149. The lowest BCUT2D eigenvalue weighted by Crippen LogP contribution is -2.28. The molecule has 0 fully saturated rings. The van der Waals surface area contributed by atoms with E-state index in [1.165, 1.54) is 0 Å². The van der Waals surface area contributed by atoms with Crippen molar-refractivity contribution in [3.8, 4) is 0 Å². The van der Waals surface area contributed by atoms with Gasteiger partial charge in [-0.15, -0.1) is 0 Å². The van der Waals surface area contributed by atoms with Crippen molar-refractivity contribution in [1.82, 2.24) is 4.72 Å². The molecule has 0 aliphatic carbocycles. The number of nitrogens with one attached hydrogen (secondary N) is 1. The fourth-order valence-corrected chi connectivity index (χ4v) is 1.34. The van der Waals surface area contributed by atoms with Crippen LogP contribution in [0, 0.1) is 0 Å². The molecule has 0 aromatic heterocycles. The second kappa shape index (κ2) is 2.80. The summed E-state index contributed by atoms with van der Waals surface area (Å²) in [5.74, 6) is -1.23. The molecule has 0 atom stereocenters. The van der Waals surface area contributed by atoms with Crippen LogP contribution in [-0.2, 0) is 20.4 Å². The number of rotatable bonds is 3. The van der Waals surface area contributed by atoms with Gasteiger partial charge in [-0.25, -0.2) is 0 Å². The highest BCUT2D eigenvalue weighted by Gasteiger charge is 2.09. The summed E-state index contributed by atoms with van der Waals surface area (Å²) in [4.78, 5) is 0. The van der Waals surface area contributed by atoms with E-state index >= 15 is 0 Å². The van der Waals surface area contributed by atoms with Crippen LogP contribution in [0.15, 0.2) is 0 Å². The minimum atomic E-state index is -4.55. The van der Waals surface area contributed by atoms with Crippen molar-refractivity contribution in [1.29, 1.82) is 0 Å². The standard InChI is InChI=1S/CH5NO6S2/c3-9(4,5)1-2-10(6,7)8/h2H,1H2,(H,3,4,5)(H,6,7,8). The lowest BCUT2D eigenvalue weighted by atomic mass is 11.5. The van der Waals surface area contributed by atoms with E-state index in [2.05, 4.69) is 0 Å². The second-order valence-electron chi connectivity index (χ2n) is 1.35. The average molecular weight is 191 g/mol. The summed E-state index contributed by atoms with van der Waals surface area (Å²) in [6, 6.07) is 0. The van der Waals surface area contributed by atoms with E-state index < -0.39 is 26.3 Å². The molecule has 9 heteroatoms. The molecule has 10 heavy (non-hydrogen) atoms. The third-order valence-corrected chi connectivity index (χ3v) is 1.62. The normalized spacial score (nSPS) is 13.4. The van der Waals surface area contributed by atoms with Crippen molar-refractivity contribution in [3.63, 3.8) is 0 Å². The molecule has 62 valence electrons. The first-order chi connectivity index (χ1) is 4.21. The summed E-state index contributed by atoms with van der Waals surface area (Å²) in [6.45, 7) is 0. The first-order valence-electron chi connectivity index (χ1n) is 1.88. The van der Waals surface area contributed by atoms with Crippen LogP contribution in [0.4, 0.5) is 0 Å². The molecular weight excluding hydrogens is 186 g/mol. The molecule has 0 unspecified atom stereocenters. The summed E-state index contributed by atoms with van der Waals surface area (Å²) >= 11 is 0. The maximum absolute atomic E-state index is 9.80. The zero-order valence-corrected chi connectivity index (χ0v) is 6.18. The van der Waals surface area contributed by atoms with Crippen molar-refractivity contribution in [3.05, 3.63) is 0 Å². The van der Waals surface area contributed by atoms with Crippen LogP contribution in [0.5, 0.6) is 0 Å². The first kappa shape index (κ1) is 9.78. The van der Waals surface area contributed by atoms with Crippen molar-refractivity contribution < 1.29 is 25.9 Å². The maximum Gasteiger partial charge on any atom is 0.334 e. The summed E-state index contributed by atoms with van der Waals surface area (Å²) in [5, 5.41) is 0. The molecular formula is CH5NO6S2. The van der Waals surface area contributed by atoms with Crippen LogP contribution >= 0.6 is 0 Å². The molecule has 0 aliphatic heterocycles. The van der Waals surface area contributed by atoms with Crippen molar-refractivity contribution >= 4 is 20.4 Å². The summed E-state index contributed by atoms with van der Waals surface area (Å²) in [6.07, 6.45) is 0. The highest BCUT2D eigenvalue weighted by atomic mass is 32.2. The Labute approximate surface area is 57.7 Å². The topological polar surface area (TPSA) is 121 Å². The molecule has 0 aliphatic rings. The Balaban J connectivity index is 4.05. The highest BCUT2D eigenvalue weighted by molar-refractivity contribution is 7.88. The summed E-state index contributed by atoms with van der Waals surface area (Å²) in [7, 11) is -8.95. The zero-order chi connectivity index (χ0) is 8.41.